The van der Waals surface area contributed by atoms with Crippen molar-refractivity contribution in [2.24, 2.45) is 11.8 Å². The molecule has 126 valence electrons. The summed E-state index contributed by atoms with van der Waals surface area (Å²) in [6.07, 6.45) is 2.87. The first-order valence-corrected chi connectivity index (χ1v) is 8.32. The fourth-order valence-corrected chi connectivity index (χ4v) is 3.03. The van der Waals surface area contributed by atoms with Gasteiger partial charge >= 0.3 is 11.9 Å². The van der Waals surface area contributed by atoms with Gasteiger partial charge in [-0.3, -0.25) is 19.4 Å². The zero-order valence-electron chi connectivity index (χ0n) is 13.6. The van der Waals surface area contributed by atoms with Gasteiger partial charge in [0.1, 0.15) is 0 Å². The van der Waals surface area contributed by atoms with Crippen LogP contribution in [0.15, 0.2) is 0 Å². The molecule has 2 saturated heterocycles. The Hall–Kier alpha value is -1.14. The van der Waals surface area contributed by atoms with Crippen LogP contribution in [-0.4, -0.2) is 70.2 Å². The molecule has 0 aromatic rings. The van der Waals surface area contributed by atoms with Gasteiger partial charge in [0, 0.05) is 38.3 Å². The van der Waals surface area contributed by atoms with E-state index in [1.54, 1.807) is 0 Å². The van der Waals surface area contributed by atoms with Crippen LogP contribution < -0.4 is 0 Å². The smallest absolute Gasteiger partial charge is 0.307 e. The number of hydrogen-bond acceptors (Lipinski definition) is 4. The van der Waals surface area contributed by atoms with Crippen LogP contribution in [0, 0.1) is 11.8 Å². The van der Waals surface area contributed by atoms with E-state index in [2.05, 4.69) is 23.6 Å². The average molecular weight is 312 g/mol. The third kappa shape index (κ3) is 5.25. The number of nitrogens with zero attached hydrogens (tertiary/aromatic N) is 2. The molecule has 2 aliphatic heterocycles. The first-order valence-electron chi connectivity index (χ1n) is 8.32. The number of unbranched alkanes of at least 4 members (excludes halogenated alkanes) is 1. The lowest BCUT2D eigenvalue weighted by Gasteiger charge is -2.15. The van der Waals surface area contributed by atoms with E-state index in [1.165, 1.54) is 0 Å². The van der Waals surface area contributed by atoms with Crippen LogP contribution in [0.25, 0.3) is 0 Å². The van der Waals surface area contributed by atoms with Crippen LogP contribution in [0.1, 0.15) is 39.5 Å². The predicted molar refractivity (Wildman–Crippen MR) is 82.8 cm³/mol. The van der Waals surface area contributed by atoms with E-state index in [1.807, 2.05) is 0 Å². The molecule has 0 radical (unpaired) electrons. The van der Waals surface area contributed by atoms with E-state index in [4.69, 9.17) is 0 Å². The van der Waals surface area contributed by atoms with Crippen molar-refractivity contribution in [2.75, 3.05) is 26.2 Å². The van der Waals surface area contributed by atoms with Gasteiger partial charge in [-0.25, -0.2) is 0 Å². The Morgan fingerprint density at radius 2 is 1.23 bits per heavy atom. The van der Waals surface area contributed by atoms with Gasteiger partial charge in [0.05, 0.1) is 11.8 Å². The van der Waals surface area contributed by atoms with Gasteiger partial charge in [0.2, 0.25) is 0 Å². The van der Waals surface area contributed by atoms with Gasteiger partial charge in [0.25, 0.3) is 0 Å². The summed E-state index contributed by atoms with van der Waals surface area (Å²) < 4.78 is 0. The minimum absolute atomic E-state index is 0.319. The van der Waals surface area contributed by atoms with Crippen molar-refractivity contribution in [1.29, 1.82) is 0 Å². The van der Waals surface area contributed by atoms with E-state index in [-0.39, 0.29) is 11.8 Å². The second-order valence-corrected chi connectivity index (χ2v) is 6.96. The highest BCUT2D eigenvalue weighted by atomic mass is 16.4. The van der Waals surface area contributed by atoms with Crippen molar-refractivity contribution >= 4 is 11.9 Å². The summed E-state index contributed by atoms with van der Waals surface area (Å²) in [6.45, 7) is 7.46. The van der Waals surface area contributed by atoms with E-state index in [9.17, 15) is 19.8 Å². The molecule has 6 atom stereocenters. The lowest BCUT2D eigenvalue weighted by Crippen LogP contribution is -2.24. The number of carbonyl (C=O) groups is 2. The summed E-state index contributed by atoms with van der Waals surface area (Å²) in [6, 6.07) is 1.04. The van der Waals surface area contributed by atoms with E-state index < -0.39 is 11.9 Å². The SMILES string of the molecule is CC1CN1CC(CCCCC(CN1CC1C)C(=O)O)C(=O)O. The van der Waals surface area contributed by atoms with Crippen LogP contribution in [0.2, 0.25) is 0 Å². The lowest BCUT2D eigenvalue weighted by atomic mass is 9.97. The summed E-state index contributed by atoms with van der Waals surface area (Å²) >= 11 is 0. The molecule has 0 aromatic heterocycles. The third-order valence-corrected chi connectivity index (χ3v) is 4.94. The molecule has 2 N–H and O–H groups in total. The zero-order valence-corrected chi connectivity index (χ0v) is 13.6. The summed E-state index contributed by atoms with van der Waals surface area (Å²) in [5.74, 6) is -2.10. The quantitative estimate of drug-likeness (QED) is 0.443. The zero-order chi connectivity index (χ0) is 16.3. The molecule has 0 amide bonds. The van der Waals surface area contributed by atoms with Crippen molar-refractivity contribution in [1.82, 2.24) is 9.80 Å². The molecular formula is C16H28N2O4. The monoisotopic (exact) mass is 312 g/mol. The molecule has 2 rings (SSSR count). The van der Waals surface area contributed by atoms with Crippen molar-refractivity contribution in [3.63, 3.8) is 0 Å². The van der Waals surface area contributed by atoms with Crippen molar-refractivity contribution in [3.8, 4) is 0 Å². The Morgan fingerprint density at radius 3 is 1.45 bits per heavy atom. The molecular weight excluding hydrogens is 284 g/mol. The molecule has 0 aromatic carbocycles. The molecule has 2 fully saturated rings. The van der Waals surface area contributed by atoms with Gasteiger partial charge < -0.3 is 10.2 Å². The molecule has 6 unspecified atom stereocenters. The van der Waals surface area contributed by atoms with Crippen molar-refractivity contribution in [2.45, 2.75) is 51.6 Å². The van der Waals surface area contributed by atoms with Gasteiger partial charge in [0.15, 0.2) is 0 Å². The molecule has 6 heteroatoms. The molecule has 2 aliphatic rings. The number of hydrogen-bond donors (Lipinski definition) is 2. The second-order valence-electron chi connectivity index (χ2n) is 6.96. The van der Waals surface area contributed by atoms with Gasteiger partial charge in [-0.05, 0) is 26.7 Å². The fourth-order valence-electron chi connectivity index (χ4n) is 3.03. The van der Waals surface area contributed by atoms with E-state index in [0.29, 0.717) is 38.0 Å². The first kappa shape index (κ1) is 17.2. The Morgan fingerprint density at radius 1 is 0.909 bits per heavy atom. The van der Waals surface area contributed by atoms with Gasteiger partial charge in [-0.15, -0.1) is 0 Å². The van der Waals surface area contributed by atoms with Gasteiger partial charge in [-0.1, -0.05) is 12.8 Å². The minimum atomic E-state index is -0.730. The molecule has 0 saturated carbocycles. The maximum absolute atomic E-state index is 11.3. The van der Waals surface area contributed by atoms with Crippen LogP contribution in [0.5, 0.6) is 0 Å². The summed E-state index contributed by atoms with van der Waals surface area (Å²) in [4.78, 5) is 26.9. The van der Waals surface area contributed by atoms with Crippen molar-refractivity contribution in [3.05, 3.63) is 0 Å². The predicted octanol–water partition coefficient (Wildman–Crippen LogP) is 1.36. The molecule has 6 nitrogen and oxygen atoms in total. The second kappa shape index (κ2) is 7.42. The summed E-state index contributed by atoms with van der Waals surface area (Å²) in [5.41, 5.74) is 0. The van der Waals surface area contributed by atoms with Crippen LogP contribution >= 0.6 is 0 Å². The Labute approximate surface area is 132 Å². The Kier molecular flexibility index (Phi) is 5.81. The summed E-state index contributed by atoms with van der Waals surface area (Å²) in [7, 11) is 0. The molecule has 22 heavy (non-hydrogen) atoms. The normalized spacial score (nSPS) is 32.3. The maximum Gasteiger partial charge on any atom is 0.307 e. The highest BCUT2D eigenvalue weighted by Crippen LogP contribution is 2.24. The summed E-state index contributed by atoms with van der Waals surface area (Å²) in [5, 5.41) is 18.5. The third-order valence-electron chi connectivity index (χ3n) is 4.94. The standard InChI is InChI=1S/C16H28N2O4/c1-11-7-17(11)9-13(15(19)20)5-3-4-6-14(16(21)22)10-18-8-12(18)2/h11-14H,3-10H2,1-2H3,(H,19,20)(H,21,22). The van der Waals surface area contributed by atoms with E-state index >= 15 is 0 Å². The number of aliphatic carboxylic acids is 2. The molecule has 0 aliphatic carbocycles. The van der Waals surface area contributed by atoms with Crippen LogP contribution in [0.4, 0.5) is 0 Å². The maximum atomic E-state index is 11.3. The first-order chi connectivity index (χ1) is 10.4. The largest absolute Gasteiger partial charge is 0.481 e. The molecule has 0 bridgehead atoms. The van der Waals surface area contributed by atoms with Gasteiger partial charge in [-0.2, -0.15) is 0 Å². The fraction of sp³-hybridized carbons (Fsp3) is 0.875. The number of rotatable bonds is 11. The average Bonchev–Trinajstić information content (AvgIpc) is 3.32. The Balaban J connectivity index is 1.64. The van der Waals surface area contributed by atoms with E-state index in [0.717, 1.165) is 25.9 Å². The topological polar surface area (TPSA) is 80.6 Å². The highest BCUT2D eigenvalue weighted by Gasteiger charge is 2.34. The van der Waals surface area contributed by atoms with Crippen molar-refractivity contribution < 1.29 is 19.8 Å². The minimum Gasteiger partial charge on any atom is -0.481 e. The lowest BCUT2D eigenvalue weighted by molar-refractivity contribution is -0.143. The van der Waals surface area contributed by atoms with Crippen LogP contribution in [-0.2, 0) is 9.59 Å². The number of carboxylic acids is 2. The Bertz CT molecular complexity index is 377. The number of carboxylic acid groups (broad SMARTS) is 2. The molecule has 2 heterocycles. The van der Waals surface area contributed by atoms with Crippen LogP contribution in [0.3, 0.4) is 0 Å². The highest BCUT2D eigenvalue weighted by molar-refractivity contribution is 5.70. The molecule has 0 spiro atoms.